The standard InChI is InChI=1S/C13H11NO2/c1-9-8-14-12(13(15)16)7-11(9)10-5-3-2-4-6-10/h2-8H,1H3,(H,15,16). The van der Waals surface area contributed by atoms with Crippen molar-refractivity contribution < 1.29 is 9.90 Å². The van der Waals surface area contributed by atoms with Gasteiger partial charge < -0.3 is 5.11 Å². The number of hydrogen-bond donors (Lipinski definition) is 1. The van der Waals surface area contributed by atoms with Crippen molar-refractivity contribution in [2.24, 2.45) is 0 Å². The smallest absolute Gasteiger partial charge is 0.354 e. The maximum absolute atomic E-state index is 10.8. The molecule has 0 atom stereocenters. The molecule has 0 spiro atoms. The van der Waals surface area contributed by atoms with Crippen molar-refractivity contribution in [3.8, 4) is 11.1 Å². The number of aromatic nitrogens is 1. The second-order valence-electron chi connectivity index (χ2n) is 3.56. The summed E-state index contributed by atoms with van der Waals surface area (Å²) in [4.78, 5) is 14.7. The second kappa shape index (κ2) is 4.14. The van der Waals surface area contributed by atoms with Gasteiger partial charge >= 0.3 is 5.97 Å². The van der Waals surface area contributed by atoms with Crippen molar-refractivity contribution in [1.82, 2.24) is 4.98 Å². The zero-order valence-electron chi connectivity index (χ0n) is 8.84. The summed E-state index contributed by atoms with van der Waals surface area (Å²) in [6.07, 6.45) is 1.59. The number of hydrogen-bond acceptors (Lipinski definition) is 2. The fourth-order valence-electron chi connectivity index (χ4n) is 1.57. The predicted octanol–water partition coefficient (Wildman–Crippen LogP) is 2.76. The molecule has 3 nitrogen and oxygen atoms in total. The minimum atomic E-state index is -1.00. The Hall–Kier alpha value is -2.16. The molecule has 0 fully saturated rings. The van der Waals surface area contributed by atoms with Crippen molar-refractivity contribution in [2.75, 3.05) is 0 Å². The summed E-state index contributed by atoms with van der Waals surface area (Å²) in [6.45, 7) is 1.92. The molecule has 0 aliphatic heterocycles. The molecule has 16 heavy (non-hydrogen) atoms. The van der Waals surface area contributed by atoms with Crippen molar-refractivity contribution in [3.63, 3.8) is 0 Å². The fourth-order valence-corrected chi connectivity index (χ4v) is 1.57. The van der Waals surface area contributed by atoms with Gasteiger partial charge in [0.2, 0.25) is 0 Å². The van der Waals surface area contributed by atoms with Gasteiger partial charge in [-0.3, -0.25) is 0 Å². The third-order valence-corrected chi connectivity index (χ3v) is 2.41. The van der Waals surface area contributed by atoms with Crippen LogP contribution in [0.2, 0.25) is 0 Å². The van der Waals surface area contributed by atoms with Gasteiger partial charge in [0.15, 0.2) is 0 Å². The molecular formula is C13H11NO2. The van der Waals surface area contributed by atoms with Gasteiger partial charge in [-0.05, 0) is 29.7 Å². The maximum atomic E-state index is 10.8. The van der Waals surface area contributed by atoms with Gasteiger partial charge in [-0.2, -0.15) is 0 Å². The summed E-state index contributed by atoms with van der Waals surface area (Å²) in [6, 6.07) is 11.3. The summed E-state index contributed by atoms with van der Waals surface area (Å²) in [5, 5.41) is 8.88. The summed E-state index contributed by atoms with van der Waals surface area (Å²) in [7, 11) is 0. The predicted molar refractivity (Wildman–Crippen MR) is 61.4 cm³/mol. The van der Waals surface area contributed by atoms with E-state index in [0.717, 1.165) is 16.7 Å². The SMILES string of the molecule is Cc1cnc(C(=O)O)cc1-c1ccccc1. The molecule has 0 unspecified atom stereocenters. The van der Waals surface area contributed by atoms with Crippen LogP contribution in [0.15, 0.2) is 42.6 Å². The summed E-state index contributed by atoms with van der Waals surface area (Å²) in [5.41, 5.74) is 2.96. The Bertz CT molecular complexity index is 521. The third kappa shape index (κ3) is 1.93. The number of aryl methyl sites for hydroxylation is 1. The quantitative estimate of drug-likeness (QED) is 0.834. The van der Waals surface area contributed by atoms with Crippen LogP contribution in [0.25, 0.3) is 11.1 Å². The van der Waals surface area contributed by atoms with Gasteiger partial charge in [0.05, 0.1) is 0 Å². The lowest BCUT2D eigenvalue weighted by molar-refractivity contribution is 0.0690. The van der Waals surface area contributed by atoms with E-state index in [2.05, 4.69) is 4.98 Å². The van der Waals surface area contributed by atoms with Crippen LogP contribution in [0.1, 0.15) is 16.1 Å². The lowest BCUT2D eigenvalue weighted by Gasteiger charge is -2.06. The minimum Gasteiger partial charge on any atom is -0.477 e. The molecule has 0 bridgehead atoms. The highest BCUT2D eigenvalue weighted by Gasteiger charge is 2.08. The lowest BCUT2D eigenvalue weighted by Crippen LogP contribution is -2.01. The number of nitrogens with zero attached hydrogens (tertiary/aromatic N) is 1. The van der Waals surface area contributed by atoms with Crippen LogP contribution in [0.4, 0.5) is 0 Å². The zero-order valence-corrected chi connectivity index (χ0v) is 8.84. The van der Waals surface area contributed by atoms with Crippen molar-refractivity contribution in [2.45, 2.75) is 6.92 Å². The minimum absolute atomic E-state index is 0.0736. The van der Waals surface area contributed by atoms with Gasteiger partial charge in [0.25, 0.3) is 0 Å². The molecule has 0 aliphatic rings. The van der Waals surface area contributed by atoms with Gasteiger partial charge in [-0.25, -0.2) is 9.78 Å². The number of pyridine rings is 1. The van der Waals surface area contributed by atoms with Crippen LogP contribution < -0.4 is 0 Å². The molecule has 3 heteroatoms. The maximum Gasteiger partial charge on any atom is 0.354 e. The Morgan fingerprint density at radius 3 is 2.56 bits per heavy atom. The third-order valence-electron chi connectivity index (χ3n) is 2.41. The van der Waals surface area contributed by atoms with Gasteiger partial charge in [-0.1, -0.05) is 30.3 Å². The van der Waals surface area contributed by atoms with E-state index < -0.39 is 5.97 Å². The monoisotopic (exact) mass is 213 g/mol. The van der Waals surface area contributed by atoms with E-state index in [1.165, 1.54) is 0 Å². The Morgan fingerprint density at radius 2 is 1.94 bits per heavy atom. The highest BCUT2D eigenvalue weighted by Crippen LogP contribution is 2.22. The highest BCUT2D eigenvalue weighted by atomic mass is 16.4. The van der Waals surface area contributed by atoms with Crippen molar-refractivity contribution in [3.05, 3.63) is 53.9 Å². The van der Waals surface area contributed by atoms with Crippen LogP contribution in [0.3, 0.4) is 0 Å². The summed E-state index contributed by atoms with van der Waals surface area (Å²) in [5.74, 6) is -1.00. The largest absolute Gasteiger partial charge is 0.477 e. The highest BCUT2D eigenvalue weighted by molar-refractivity contribution is 5.87. The van der Waals surface area contributed by atoms with Gasteiger partial charge in [-0.15, -0.1) is 0 Å². The normalized spacial score (nSPS) is 10.1. The Morgan fingerprint density at radius 1 is 1.25 bits per heavy atom. The number of carbonyl (C=O) groups is 1. The van der Waals surface area contributed by atoms with E-state index in [1.54, 1.807) is 12.3 Å². The molecule has 0 saturated heterocycles. The van der Waals surface area contributed by atoms with E-state index in [0.29, 0.717) is 0 Å². The van der Waals surface area contributed by atoms with Gasteiger partial charge in [0, 0.05) is 6.20 Å². The van der Waals surface area contributed by atoms with E-state index in [1.807, 2.05) is 37.3 Å². The first-order chi connectivity index (χ1) is 7.68. The topological polar surface area (TPSA) is 50.2 Å². The number of aromatic carboxylic acids is 1. The van der Waals surface area contributed by atoms with E-state index in [-0.39, 0.29) is 5.69 Å². The van der Waals surface area contributed by atoms with Gasteiger partial charge in [0.1, 0.15) is 5.69 Å². The molecule has 80 valence electrons. The fraction of sp³-hybridized carbons (Fsp3) is 0.0769. The van der Waals surface area contributed by atoms with E-state index >= 15 is 0 Å². The Balaban J connectivity index is 2.56. The molecule has 1 aromatic carbocycles. The molecule has 0 saturated carbocycles. The first-order valence-corrected chi connectivity index (χ1v) is 4.94. The van der Waals surface area contributed by atoms with Crippen molar-refractivity contribution >= 4 is 5.97 Å². The average Bonchev–Trinajstić information content (AvgIpc) is 2.30. The van der Waals surface area contributed by atoms with Crippen LogP contribution in [0, 0.1) is 6.92 Å². The Kier molecular flexibility index (Phi) is 2.68. The zero-order chi connectivity index (χ0) is 11.5. The molecule has 0 amide bonds. The number of carboxylic acid groups (broad SMARTS) is 1. The number of benzene rings is 1. The first-order valence-electron chi connectivity index (χ1n) is 4.94. The first kappa shape index (κ1) is 10.4. The molecule has 1 heterocycles. The number of carboxylic acids is 1. The molecule has 2 rings (SSSR count). The lowest BCUT2D eigenvalue weighted by atomic mass is 10.0. The van der Waals surface area contributed by atoms with Crippen LogP contribution in [-0.2, 0) is 0 Å². The van der Waals surface area contributed by atoms with Crippen LogP contribution in [-0.4, -0.2) is 16.1 Å². The van der Waals surface area contributed by atoms with E-state index in [4.69, 9.17) is 5.11 Å². The van der Waals surface area contributed by atoms with Crippen LogP contribution in [0.5, 0.6) is 0 Å². The van der Waals surface area contributed by atoms with E-state index in [9.17, 15) is 4.79 Å². The molecule has 1 N–H and O–H groups in total. The Labute approximate surface area is 93.4 Å². The second-order valence-corrected chi connectivity index (χ2v) is 3.56. The molecule has 0 aliphatic carbocycles. The molecule has 0 radical (unpaired) electrons. The molecule has 2 aromatic rings. The summed E-state index contributed by atoms with van der Waals surface area (Å²) >= 11 is 0. The number of rotatable bonds is 2. The average molecular weight is 213 g/mol. The van der Waals surface area contributed by atoms with Crippen molar-refractivity contribution in [1.29, 1.82) is 0 Å². The van der Waals surface area contributed by atoms with Crippen LogP contribution >= 0.6 is 0 Å². The summed E-state index contributed by atoms with van der Waals surface area (Å²) < 4.78 is 0. The molecule has 1 aromatic heterocycles. The molecular weight excluding hydrogens is 202 g/mol.